The molecule has 0 fully saturated rings. The van der Waals surface area contributed by atoms with Crippen molar-refractivity contribution in [2.45, 2.75) is 13.1 Å². The Morgan fingerprint density at radius 2 is 1.39 bits per heavy atom. The molecule has 0 unspecified atom stereocenters. The molecule has 0 aliphatic carbocycles. The van der Waals surface area contributed by atoms with Crippen LogP contribution in [0.1, 0.15) is 15.9 Å². The highest BCUT2D eigenvalue weighted by Gasteiger charge is 2.39. The number of aromatic nitrogens is 4. The summed E-state index contributed by atoms with van der Waals surface area (Å²) in [6, 6.07) is 33.7. The standard InChI is InChI=1S/C33H21F3N4O/c1-20-5-4-6-26-27-19-25(40-30-8-3-2-7-28(30)37-38-40)17-18-29(27)39(31(20)26)24-15-13-22(14-16-24)21-9-11-23(12-10-21)32(41)33(34,35)36/h2-19H,1H3. The van der Waals surface area contributed by atoms with Gasteiger partial charge in [0.15, 0.2) is 0 Å². The number of Topliss-reactive ketones (excluding diaryl/α,β-unsaturated/α-hetero) is 1. The average Bonchev–Trinajstić information content (AvgIpc) is 3.56. The summed E-state index contributed by atoms with van der Waals surface area (Å²) in [6.45, 7) is 2.09. The number of carbonyl (C=O) groups is 1. The van der Waals surface area contributed by atoms with E-state index in [9.17, 15) is 18.0 Å². The van der Waals surface area contributed by atoms with Gasteiger partial charge in [0.1, 0.15) is 5.52 Å². The van der Waals surface area contributed by atoms with Crippen LogP contribution in [0.4, 0.5) is 13.2 Å². The number of fused-ring (bicyclic) bond motifs is 4. The molecule has 0 spiro atoms. The van der Waals surface area contributed by atoms with E-state index in [0.29, 0.717) is 0 Å². The van der Waals surface area contributed by atoms with E-state index in [2.05, 4.69) is 52.1 Å². The van der Waals surface area contributed by atoms with Crippen LogP contribution in [-0.4, -0.2) is 31.5 Å². The summed E-state index contributed by atoms with van der Waals surface area (Å²) in [4.78, 5) is 11.5. The SMILES string of the molecule is Cc1cccc2c3cc(-n4nnc5ccccc54)ccc3n(-c3ccc(-c4ccc(C(=O)C(F)(F)F)cc4)cc3)c12. The van der Waals surface area contributed by atoms with Gasteiger partial charge in [-0.1, -0.05) is 71.9 Å². The second kappa shape index (κ2) is 9.16. The molecule has 0 radical (unpaired) electrons. The number of hydrogen-bond acceptors (Lipinski definition) is 3. The van der Waals surface area contributed by atoms with Crippen molar-refractivity contribution in [3.05, 3.63) is 120 Å². The van der Waals surface area contributed by atoms with Gasteiger partial charge in [-0.2, -0.15) is 13.2 Å². The van der Waals surface area contributed by atoms with Gasteiger partial charge in [0, 0.05) is 22.0 Å². The van der Waals surface area contributed by atoms with Crippen LogP contribution in [0.3, 0.4) is 0 Å². The van der Waals surface area contributed by atoms with E-state index in [1.54, 1.807) is 0 Å². The van der Waals surface area contributed by atoms with Crippen LogP contribution < -0.4 is 0 Å². The van der Waals surface area contributed by atoms with E-state index < -0.39 is 12.0 Å². The monoisotopic (exact) mass is 546 g/mol. The lowest BCUT2D eigenvalue weighted by atomic mass is 10.0. The molecule has 5 aromatic carbocycles. The minimum absolute atomic E-state index is 0.378. The first-order valence-corrected chi connectivity index (χ1v) is 13.0. The predicted molar refractivity (Wildman–Crippen MR) is 154 cm³/mol. The lowest BCUT2D eigenvalue weighted by Crippen LogP contribution is -2.22. The van der Waals surface area contributed by atoms with Crippen LogP contribution >= 0.6 is 0 Å². The minimum atomic E-state index is -4.90. The van der Waals surface area contributed by atoms with Crippen molar-refractivity contribution >= 4 is 38.6 Å². The average molecular weight is 547 g/mol. The number of hydrogen-bond donors (Lipinski definition) is 0. The van der Waals surface area contributed by atoms with Gasteiger partial charge < -0.3 is 4.57 Å². The Morgan fingerprint density at radius 1 is 0.707 bits per heavy atom. The fourth-order valence-electron chi connectivity index (χ4n) is 5.47. The molecule has 0 atom stereocenters. The van der Waals surface area contributed by atoms with Gasteiger partial charge in [0.05, 0.1) is 22.2 Å². The molecule has 2 heterocycles. The first-order valence-electron chi connectivity index (χ1n) is 13.0. The summed E-state index contributed by atoms with van der Waals surface area (Å²) in [7, 11) is 0. The third-order valence-corrected chi connectivity index (χ3v) is 7.43. The highest BCUT2D eigenvalue weighted by molar-refractivity contribution is 6.11. The number of alkyl halides is 3. The van der Waals surface area contributed by atoms with Gasteiger partial charge in [-0.05, 0) is 66.1 Å². The number of carbonyl (C=O) groups excluding carboxylic acids is 1. The smallest absolute Gasteiger partial charge is 0.309 e. The van der Waals surface area contributed by atoms with Gasteiger partial charge in [-0.3, -0.25) is 4.79 Å². The molecular formula is C33H21F3N4O. The van der Waals surface area contributed by atoms with Crippen molar-refractivity contribution in [1.82, 2.24) is 19.6 Å². The number of nitrogens with zero attached hydrogens (tertiary/aromatic N) is 4. The molecule has 0 saturated carbocycles. The molecule has 0 aliphatic rings. The van der Waals surface area contributed by atoms with Crippen molar-refractivity contribution in [1.29, 1.82) is 0 Å². The van der Waals surface area contributed by atoms with Crippen LogP contribution in [-0.2, 0) is 0 Å². The molecule has 5 nitrogen and oxygen atoms in total. The van der Waals surface area contributed by atoms with Crippen LogP contribution in [0.15, 0.2) is 109 Å². The second-order valence-electron chi connectivity index (χ2n) is 9.95. The second-order valence-corrected chi connectivity index (χ2v) is 9.95. The van der Waals surface area contributed by atoms with Crippen molar-refractivity contribution < 1.29 is 18.0 Å². The summed E-state index contributed by atoms with van der Waals surface area (Å²) >= 11 is 0. The molecule has 8 heteroatoms. The summed E-state index contributed by atoms with van der Waals surface area (Å²) in [5.74, 6) is -1.85. The maximum absolute atomic E-state index is 12.8. The van der Waals surface area contributed by atoms with Crippen LogP contribution in [0, 0.1) is 6.92 Å². The Kier molecular flexibility index (Phi) is 5.54. The maximum Gasteiger partial charge on any atom is 0.454 e. The molecule has 200 valence electrons. The molecule has 7 rings (SSSR count). The third kappa shape index (κ3) is 4.07. The summed E-state index contributed by atoms with van der Waals surface area (Å²) in [5, 5.41) is 10.9. The Labute approximate surface area is 232 Å². The molecule has 0 bridgehead atoms. The highest BCUT2D eigenvalue weighted by Crippen LogP contribution is 2.36. The zero-order valence-corrected chi connectivity index (χ0v) is 21.7. The Hall–Kier alpha value is -5.24. The zero-order valence-electron chi connectivity index (χ0n) is 21.7. The van der Waals surface area contributed by atoms with Gasteiger partial charge in [0.25, 0.3) is 5.78 Å². The number of benzene rings is 5. The van der Waals surface area contributed by atoms with E-state index in [4.69, 9.17) is 0 Å². The molecule has 2 aromatic heterocycles. The molecule has 0 N–H and O–H groups in total. The zero-order chi connectivity index (χ0) is 28.3. The molecule has 0 amide bonds. The van der Waals surface area contributed by atoms with Crippen LogP contribution in [0.5, 0.6) is 0 Å². The number of halogens is 3. The number of ketones is 1. The van der Waals surface area contributed by atoms with Crippen molar-refractivity contribution in [3.8, 4) is 22.5 Å². The lowest BCUT2D eigenvalue weighted by molar-refractivity contribution is -0.0885. The number of aryl methyl sites for hydroxylation is 1. The Bertz CT molecular complexity index is 2100. The highest BCUT2D eigenvalue weighted by atomic mass is 19.4. The largest absolute Gasteiger partial charge is 0.454 e. The van der Waals surface area contributed by atoms with Crippen molar-refractivity contribution in [2.24, 2.45) is 0 Å². The molecule has 0 saturated heterocycles. The normalized spacial score (nSPS) is 12.0. The maximum atomic E-state index is 12.8. The fraction of sp³-hybridized carbons (Fsp3) is 0.0606. The van der Waals surface area contributed by atoms with Crippen molar-refractivity contribution in [2.75, 3.05) is 0 Å². The van der Waals surface area contributed by atoms with Gasteiger partial charge in [0.2, 0.25) is 0 Å². The van der Waals surface area contributed by atoms with Gasteiger partial charge in [-0.25, -0.2) is 4.68 Å². The fourth-order valence-corrected chi connectivity index (χ4v) is 5.47. The molecule has 7 aromatic rings. The van der Waals surface area contributed by atoms with Gasteiger partial charge >= 0.3 is 6.18 Å². The first-order chi connectivity index (χ1) is 19.8. The molecular weight excluding hydrogens is 525 g/mol. The van der Waals surface area contributed by atoms with E-state index in [1.807, 2.05) is 59.3 Å². The van der Waals surface area contributed by atoms with E-state index >= 15 is 0 Å². The first kappa shape index (κ1) is 24.8. The number of para-hydroxylation sites is 2. The molecule has 0 aliphatic heterocycles. The van der Waals surface area contributed by atoms with E-state index in [-0.39, 0.29) is 5.56 Å². The Balaban J connectivity index is 1.32. The van der Waals surface area contributed by atoms with E-state index in [0.717, 1.165) is 60.9 Å². The Morgan fingerprint density at radius 3 is 2.12 bits per heavy atom. The quantitative estimate of drug-likeness (QED) is 0.209. The minimum Gasteiger partial charge on any atom is -0.309 e. The topological polar surface area (TPSA) is 52.7 Å². The van der Waals surface area contributed by atoms with Crippen LogP contribution in [0.2, 0.25) is 0 Å². The van der Waals surface area contributed by atoms with Crippen LogP contribution in [0.25, 0.3) is 55.3 Å². The van der Waals surface area contributed by atoms with E-state index in [1.165, 1.54) is 24.3 Å². The molecule has 41 heavy (non-hydrogen) atoms. The number of rotatable bonds is 4. The summed E-state index contributed by atoms with van der Waals surface area (Å²) < 4.78 is 42.4. The van der Waals surface area contributed by atoms with Crippen molar-refractivity contribution in [3.63, 3.8) is 0 Å². The summed E-state index contributed by atoms with van der Waals surface area (Å²) in [5.41, 5.74) is 8.04. The van der Waals surface area contributed by atoms with Gasteiger partial charge in [-0.15, -0.1) is 5.10 Å². The summed E-state index contributed by atoms with van der Waals surface area (Å²) in [6.07, 6.45) is -4.90. The lowest BCUT2D eigenvalue weighted by Gasteiger charge is -2.11. The predicted octanol–water partition coefficient (Wildman–Crippen LogP) is 8.24. The third-order valence-electron chi connectivity index (χ3n) is 7.43.